The Balaban J connectivity index is 1.43. The van der Waals surface area contributed by atoms with Crippen LogP contribution in [0.4, 0.5) is 17.5 Å². The first-order chi connectivity index (χ1) is 13.7. The van der Waals surface area contributed by atoms with E-state index in [1.165, 1.54) is 6.33 Å². The Labute approximate surface area is 166 Å². The average Bonchev–Trinajstić information content (AvgIpc) is 3.32. The van der Waals surface area contributed by atoms with Crippen molar-refractivity contribution in [2.45, 2.75) is 13.1 Å². The quantitative estimate of drug-likeness (QED) is 0.496. The highest BCUT2D eigenvalue weighted by molar-refractivity contribution is 6.32. The molecule has 9 nitrogen and oxygen atoms in total. The fourth-order valence-corrected chi connectivity index (χ4v) is 2.74. The lowest BCUT2D eigenvalue weighted by molar-refractivity contribution is 0.608. The van der Waals surface area contributed by atoms with E-state index in [0.717, 1.165) is 17.1 Å². The summed E-state index contributed by atoms with van der Waals surface area (Å²) in [6, 6.07) is 10.0. The number of hydrogen-bond acceptors (Lipinski definition) is 7. The molecule has 0 spiro atoms. The third kappa shape index (κ3) is 4.26. The van der Waals surface area contributed by atoms with Crippen molar-refractivity contribution >= 4 is 29.1 Å². The maximum atomic E-state index is 6.22. The predicted molar refractivity (Wildman–Crippen MR) is 106 cm³/mol. The minimum absolute atomic E-state index is 0.429. The summed E-state index contributed by atoms with van der Waals surface area (Å²) in [6.45, 7) is 1.14. The lowest BCUT2D eigenvalue weighted by Gasteiger charge is -2.09. The molecule has 0 unspecified atom stereocenters. The van der Waals surface area contributed by atoms with Crippen molar-refractivity contribution in [3.8, 4) is 0 Å². The summed E-state index contributed by atoms with van der Waals surface area (Å²) in [5.74, 6) is 1.80. The summed E-state index contributed by atoms with van der Waals surface area (Å²) < 4.78 is 3.47. The van der Waals surface area contributed by atoms with Crippen LogP contribution in [0.15, 0.2) is 55.2 Å². The Morgan fingerprint density at radius 3 is 2.71 bits per heavy atom. The van der Waals surface area contributed by atoms with Crippen LogP contribution >= 0.6 is 11.6 Å². The third-order valence-corrected chi connectivity index (χ3v) is 4.32. The fourth-order valence-electron chi connectivity index (χ4n) is 2.58. The number of anilines is 3. The zero-order valence-corrected chi connectivity index (χ0v) is 15.9. The van der Waals surface area contributed by atoms with Crippen molar-refractivity contribution in [2.24, 2.45) is 7.05 Å². The van der Waals surface area contributed by atoms with E-state index in [4.69, 9.17) is 11.6 Å². The molecule has 28 heavy (non-hydrogen) atoms. The molecular formula is C18H18ClN9. The second-order valence-corrected chi connectivity index (χ2v) is 6.49. The average molecular weight is 396 g/mol. The molecule has 0 amide bonds. The number of nitrogens with zero attached hydrogens (tertiary/aromatic N) is 7. The number of hydrogen-bond donors (Lipinski definition) is 2. The van der Waals surface area contributed by atoms with E-state index in [2.05, 4.69) is 35.8 Å². The standard InChI is InChI=1S/C18H18ClN9/c1-27-16(22-12-24-27)11-28-10-14(8-23-28)25-18-21-9-15(19)17(26-18)20-7-13-5-3-2-4-6-13/h2-6,8-10,12H,7,11H2,1H3,(H2,20,21,25,26). The van der Waals surface area contributed by atoms with Gasteiger partial charge in [-0.3, -0.25) is 9.36 Å². The van der Waals surface area contributed by atoms with Crippen LogP contribution in [0.25, 0.3) is 0 Å². The maximum absolute atomic E-state index is 6.22. The van der Waals surface area contributed by atoms with E-state index < -0.39 is 0 Å². The molecule has 2 N–H and O–H groups in total. The topological polar surface area (TPSA) is 98.4 Å². The first-order valence-corrected chi connectivity index (χ1v) is 8.98. The van der Waals surface area contributed by atoms with E-state index in [-0.39, 0.29) is 0 Å². The first-order valence-electron chi connectivity index (χ1n) is 8.60. The molecule has 4 rings (SSSR count). The maximum Gasteiger partial charge on any atom is 0.229 e. The summed E-state index contributed by atoms with van der Waals surface area (Å²) in [6.07, 6.45) is 6.63. The van der Waals surface area contributed by atoms with Crippen LogP contribution in [-0.4, -0.2) is 34.5 Å². The molecule has 0 atom stereocenters. The van der Waals surface area contributed by atoms with Gasteiger partial charge in [0, 0.05) is 19.8 Å². The monoisotopic (exact) mass is 395 g/mol. The van der Waals surface area contributed by atoms with Crippen LogP contribution in [0.2, 0.25) is 5.02 Å². The molecule has 0 aliphatic rings. The highest BCUT2D eigenvalue weighted by atomic mass is 35.5. The Bertz CT molecular complexity index is 1060. The molecule has 1 aromatic carbocycles. The fraction of sp³-hybridized carbons (Fsp3) is 0.167. The SMILES string of the molecule is Cn1ncnc1Cn1cc(Nc2ncc(Cl)c(NCc3ccccc3)n2)cn1. The Kier molecular flexibility index (Phi) is 5.16. The Morgan fingerprint density at radius 1 is 1.07 bits per heavy atom. The van der Waals surface area contributed by atoms with Crippen molar-refractivity contribution < 1.29 is 0 Å². The van der Waals surface area contributed by atoms with Crippen molar-refractivity contribution in [1.29, 1.82) is 0 Å². The van der Waals surface area contributed by atoms with Gasteiger partial charge < -0.3 is 10.6 Å². The van der Waals surface area contributed by atoms with Crippen LogP contribution in [0.1, 0.15) is 11.4 Å². The van der Waals surface area contributed by atoms with Gasteiger partial charge in [0.1, 0.15) is 23.7 Å². The number of nitrogens with one attached hydrogen (secondary N) is 2. The smallest absolute Gasteiger partial charge is 0.229 e. The van der Waals surface area contributed by atoms with Gasteiger partial charge in [-0.1, -0.05) is 41.9 Å². The number of aromatic nitrogens is 7. The molecule has 0 fully saturated rings. The van der Waals surface area contributed by atoms with E-state index in [1.807, 2.05) is 43.6 Å². The molecule has 0 bridgehead atoms. The molecule has 0 saturated heterocycles. The molecule has 142 valence electrons. The van der Waals surface area contributed by atoms with E-state index >= 15 is 0 Å². The highest BCUT2D eigenvalue weighted by Gasteiger charge is 2.08. The van der Waals surface area contributed by atoms with E-state index in [0.29, 0.717) is 29.9 Å². The predicted octanol–water partition coefficient (Wildman–Crippen LogP) is 2.86. The highest BCUT2D eigenvalue weighted by Crippen LogP contribution is 2.22. The number of halogens is 1. The number of benzene rings is 1. The van der Waals surface area contributed by atoms with Crippen LogP contribution in [-0.2, 0) is 20.1 Å². The summed E-state index contributed by atoms with van der Waals surface area (Å²) in [7, 11) is 1.84. The molecule has 0 aliphatic heterocycles. The van der Waals surface area contributed by atoms with Crippen LogP contribution in [0, 0.1) is 0 Å². The molecule has 0 saturated carbocycles. The lowest BCUT2D eigenvalue weighted by Crippen LogP contribution is -2.07. The molecule has 0 aliphatic carbocycles. The van der Waals surface area contributed by atoms with Crippen LogP contribution in [0.3, 0.4) is 0 Å². The van der Waals surface area contributed by atoms with Gasteiger partial charge in [-0.2, -0.15) is 15.2 Å². The largest absolute Gasteiger partial charge is 0.365 e. The second-order valence-electron chi connectivity index (χ2n) is 6.08. The minimum Gasteiger partial charge on any atom is -0.365 e. The molecular weight excluding hydrogens is 378 g/mol. The van der Waals surface area contributed by atoms with Gasteiger partial charge in [-0.15, -0.1) is 0 Å². The summed E-state index contributed by atoms with van der Waals surface area (Å²) in [5.41, 5.74) is 1.90. The van der Waals surface area contributed by atoms with Crippen molar-refractivity contribution in [2.75, 3.05) is 10.6 Å². The van der Waals surface area contributed by atoms with E-state index in [1.54, 1.807) is 21.8 Å². The number of rotatable bonds is 7. The zero-order chi connectivity index (χ0) is 19.3. The first kappa shape index (κ1) is 17.9. The van der Waals surface area contributed by atoms with Crippen molar-refractivity contribution in [1.82, 2.24) is 34.5 Å². The van der Waals surface area contributed by atoms with Crippen molar-refractivity contribution in [3.63, 3.8) is 0 Å². The summed E-state index contributed by atoms with van der Waals surface area (Å²) in [5, 5.41) is 15.2. The van der Waals surface area contributed by atoms with Crippen LogP contribution < -0.4 is 10.6 Å². The number of aryl methyl sites for hydroxylation is 1. The van der Waals surface area contributed by atoms with Gasteiger partial charge >= 0.3 is 0 Å². The minimum atomic E-state index is 0.429. The third-order valence-electron chi connectivity index (χ3n) is 4.04. The zero-order valence-electron chi connectivity index (χ0n) is 15.1. The van der Waals surface area contributed by atoms with Gasteiger partial charge in [-0.05, 0) is 5.56 Å². The van der Waals surface area contributed by atoms with Gasteiger partial charge in [0.05, 0.1) is 18.1 Å². The summed E-state index contributed by atoms with van der Waals surface area (Å²) in [4.78, 5) is 12.9. The summed E-state index contributed by atoms with van der Waals surface area (Å²) >= 11 is 6.22. The van der Waals surface area contributed by atoms with Gasteiger partial charge in [-0.25, -0.2) is 9.97 Å². The molecule has 3 aromatic heterocycles. The van der Waals surface area contributed by atoms with Gasteiger partial charge in [0.15, 0.2) is 5.82 Å². The lowest BCUT2D eigenvalue weighted by atomic mass is 10.2. The molecule has 3 heterocycles. The second kappa shape index (κ2) is 8.05. The van der Waals surface area contributed by atoms with Gasteiger partial charge in [0.2, 0.25) is 5.95 Å². The molecule has 0 radical (unpaired) electrons. The Hall–Kier alpha value is -3.46. The molecule has 10 heteroatoms. The molecule has 4 aromatic rings. The van der Waals surface area contributed by atoms with E-state index in [9.17, 15) is 0 Å². The van der Waals surface area contributed by atoms with Crippen LogP contribution in [0.5, 0.6) is 0 Å². The normalized spacial score (nSPS) is 10.8. The Morgan fingerprint density at radius 2 is 1.93 bits per heavy atom. The van der Waals surface area contributed by atoms with Crippen molar-refractivity contribution in [3.05, 3.63) is 71.7 Å². The van der Waals surface area contributed by atoms with Gasteiger partial charge in [0.25, 0.3) is 0 Å².